The second-order valence-electron chi connectivity index (χ2n) is 30.6. The lowest BCUT2D eigenvalue weighted by atomic mass is 9.81. The smallest absolute Gasteiger partial charge is 0.408 e. The highest BCUT2D eigenvalue weighted by molar-refractivity contribution is 5.89. The number of amides is 6. The summed E-state index contributed by atoms with van der Waals surface area (Å²) in [6, 6.07) is -2.92. The molecule has 7 rings (SSSR count). The summed E-state index contributed by atoms with van der Waals surface area (Å²) in [4.78, 5) is 106. The Bertz CT molecular complexity index is 3170. The van der Waals surface area contributed by atoms with Gasteiger partial charge in [-0.1, -0.05) is 5.21 Å². The van der Waals surface area contributed by atoms with E-state index in [4.69, 9.17) is 66.3 Å². The summed E-state index contributed by atoms with van der Waals surface area (Å²) in [5.41, 5.74) is -6.76. The van der Waals surface area contributed by atoms with Crippen molar-refractivity contribution in [3.05, 3.63) is 51.8 Å². The third-order valence-electron chi connectivity index (χ3n) is 14.9. The van der Waals surface area contributed by atoms with Gasteiger partial charge in [0.15, 0.2) is 18.9 Å². The monoisotopic (exact) mass is 1430 g/mol. The lowest BCUT2D eigenvalue weighted by molar-refractivity contribution is -0.384. The minimum atomic E-state index is -2.04. The van der Waals surface area contributed by atoms with Gasteiger partial charge in [0.05, 0.1) is 41.4 Å². The van der Waals surface area contributed by atoms with Gasteiger partial charge in [0, 0.05) is 25.2 Å². The second-order valence-corrected chi connectivity index (χ2v) is 30.6. The van der Waals surface area contributed by atoms with Crippen LogP contribution in [0.25, 0.3) is 0 Å². The van der Waals surface area contributed by atoms with Crippen molar-refractivity contribution in [2.75, 3.05) is 19.7 Å². The molecular formula is C63H98N10O27. The van der Waals surface area contributed by atoms with Crippen LogP contribution in [-0.2, 0) is 72.9 Å². The number of aliphatic hydroxyl groups excluding tert-OH is 4. The molecule has 37 heteroatoms. The van der Waals surface area contributed by atoms with Crippen LogP contribution in [0.2, 0.25) is 0 Å². The molecule has 19 atom stereocenters. The average Bonchev–Trinajstić information content (AvgIpc) is 1.50. The number of carbonyl (C=O) groups excluding carboxylic acids is 7. The molecule has 6 amide bonds. The number of alkyl carbamates (subject to hydrolysis) is 6. The number of nitro groups is 1. The number of non-ortho nitro benzene ring substituents is 1. The van der Waals surface area contributed by atoms with Gasteiger partial charge in [-0.05, 0) is 143 Å². The fourth-order valence-corrected chi connectivity index (χ4v) is 11.0. The quantitative estimate of drug-likeness (QED) is 0.0299. The molecule has 1 aromatic carbocycles. The zero-order valence-electron chi connectivity index (χ0n) is 59.4. The van der Waals surface area contributed by atoms with Crippen molar-refractivity contribution in [2.24, 2.45) is 0 Å². The Morgan fingerprint density at radius 2 is 0.970 bits per heavy atom. The van der Waals surface area contributed by atoms with E-state index in [2.05, 4.69) is 42.2 Å². The molecule has 4 saturated heterocycles. The number of nitrogens with one attached hydrogen (secondary N) is 6. The summed E-state index contributed by atoms with van der Waals surface area (Å²) in [5.74, 6) is -0.907. The van der Waals surface area contributed by atoms with Crippen molar-refractivity contribution in [2.45, 2.75) is 287 Å². The molecule has 5 fully saturated rings. The van der Waals surface area contributed by atoms with Crippen molar-refractivity contribution < 1.29 is 125 Å². The molecule has 10 N–H and O–H groups in total. The molecule has 0 radical (unpaired) electrons. The van der Waals surface area contributed by atoms with E-state index < -0.39 is 223 Å². The molecule has 1 saturated carbocycles. The Morgan fingerprint density at radius 1 is 0.530 bits per heavy atom. The number of aliphatic hydroxyl groups is 4. The van der Waals surface area contributed by atoms with Gasteiger partial charge in [0.1, 0.15) is 125 Å². The molecule has 100 heavy (non-hydrogen) atoms. The molecule has 1 aromatic heterocycles. The van der Waals surface area contributed by atoms with Crippen LogP contribution >= 0.6 is 0 Å². The molecule has 1 aliphatic carbocycles. The van der Waals surface area contributed by atoms with Crippen LogP contribution in [0.4, 0.5) is 34.5 Å². The Morgan fingerprint density at radius 3 is 1.48 bits per heavy atom. The van der Waals surface area contributed by atoms with E-state index in [-0.39, 0.29) is 23.5 Å². The van der Waals surface area contributed by atoms with Crippen molar-refractivity contribution in [1.82, 2.24) is 46.9 Å². The van der Waals surface area contributed by atoms with Gasteiger partial charge >= 0.3 is 42.5 Å². The first-order chi connectivity index (χ1) is 46.1. The van der Waals surface area contributed by atoms with Crippen LogP contribution in [0.3, 0.4) is 0 Å². The van der Waals surface area contributed by atoms with Gasteiger partial charge in [0.2, 0.25) is 0 Å². The van der Waals surface area contributed by atoms with Gasteiger partial charge in [0.25, 0.3) is 5.69 Å². The number of hydrogen-bond donors (Lipinski definition) is 10. The van der Waals surface area contributed by atoms with Crippen LogP contribution in [0, 0.1) is 10.1 Å². The number of benzene rings is 1. The summed E-state index contributed by atoms with van der Waals surface area (Å²) in [7, 11) is 0. The molecular weight excluding hydrogens is 1330 g/mol. The predicted molar refractivity (Wildman–Crippen MR) is 341 cm³/mol. The Hall–Kier alpha value is -7.59. The zero-order chi connectivity index (χ0) is 74.5. The lowest BCUT2D eigenvalue weighted by Crippen LogP contribution is -2.70. The second kappa shape index (κ2) is 31.7. The first-order valence-corrected chi connectivity index (χ1v) is 32.6. The number of epoxide rings is 1. The van der Waals surface area contributed by atoms with Gasteiger partial charge in [-0.2, -0.15) is 0 Å². The van der Waals surface area contributed by atoms with Crippen LogP contribution in [0.1, 0.15) is 153 Å². The van der Waals surface area contributed by atoms with Crippen molar-refractivity contribution in [1.29, 1.82) is 0 Å². The molecule has 2 aromatic rings. The number of rotatable bonds is 20. The number of ether oxygens (including phenoxy) is 14. The maximum atomic E-state index is 14.5. The van der Waals surface area contributed by atoms with E-state index in [0.29, 0.717) is 0 Å². The van der Waals surface area contributed by atoms with E-state index in [0.717, 1.165) is 12.1 Å². The average molecular weight is 1430 g/mol. The summed E-state index contributed by atoms with van der Waals surface area (Å²) < 4.78 is 86.0. The normalized spacial score (nSPS) is 30.0. The standard InChI is InChI=1S/C63H98N10O27/c1-58(2,3)95-52(79)64-24-34-40(75)41(76)38(68-56(83)99-62(13,14)15)49(88-34)92-43-32(66-54(81)97-60(7,8)9)23-33(72-26-30(70-71-72)28-87-48(78)29-19-21-31(22-20-29)73(85)86)37(67-55(82)98-61(10,11)12)46(43)94-51-42(77)44(36(27-74)90-51)93-50-39(69-57(84)100-63(16,17)18)47-45(91-47)35(89-50)25-65-53(80)96-59(4,5)6/h19-22,26,32-47,49-51,74-77H,23-25,27-28H2,1-18H3,(H,64,79)(H,65,80)(H,66,81)(H,67,82)(H,68,83)(H,69,84)/t32-,33-,34+,35-,36+,37+,38+,39+,40+,41+,42+,43+,44+,45-,46+,47+,49+,50+,51-/m0/s1. The Labute approximate surface area is 577 Å². The number of nitrogens with zero attached hydrogens (tertiary/aromatic N) is 4. The molecule has 5 aliphatic rings. The number of nitro benzene ring substituents is 1. The number of esters is 1. The maximum Gasteiger partial charge on any atom is 0.408 e. The van der Waals surface area contributed by atoms with E-state index in [1.165, 1.54) is 23.0 Å². The SMILES string of the molecule is CC(C)(C)OC(=O)NC[C@@H]1O[C@H](O[C@H]2[C@@H](O)[C@H](O[C@@H]3[C@H](NC(=O)OC(C)(C)C)[C@@H](n4cc(COC(=O)c5ccc([N+](=O)[O-])cc5)nn4)C[C@H](NC(=O)OC(C)(C)C)[C@H]3O[C@H]3O[C@H](CNC(=O)OC(C)(C)C)[C@@H](O)[C@H](O)[C@H]3NC(=O)OC(C)(C)C)O[C@@H]2CO)[C@H](NC(=O)OC(C)(C)C)[C@H]2O[C@H]21. The highest BCUT2D eigenvalue weighted by Crippen LogP contribution is 2.42. The summed E-state index contributed by atoms with van der Waals surface area (Å²) in [5, 5.41) is 83.7. The summed E-state index contributed by atoms with van der Waals surface area (Å²) >= 11 is 0. The van der Waals surface area contributed by atoms with Crippen LogP contribution in [-0.4, -0.2) is 246 Å². The van der Waals surface area contributed by atoms with E-state index >= 15 is 0 Å². The maximum absolute atomic E-state index is 14.5. The summed E-state index contributed by atoms with van der Waals surface area (Å²) in [6.45, 7) is 26.5. The third-order valence-corrected chi connectivity index (χ3v) is 14.9. The van der Waals surface area contributed by atoms with Crippen LogP contribution in [0.5, 0.6) is 0 Å². The first kappa shape index (κ1) is 79.7. The first-order valence-electron chi connectivity index (χ1n) is 32.6. The third kappa shape index (κ3) is 23.2. The van der Waals surface area contributed by atoms with Crippen molar-refractivity contribution >= 4 is 48.2 Å². The largest absolute Gasteiger partial charge is 0.455 e. The van der Waals surface area contributed by atoms with Gasteiger partial charge < -0.3 is 119 Å². The molecule has 4 aliphatic heterocycles. The van der Waals surface area contributed by atoms with Gasteiger partial charge in [-0.25, -0.2) is 38.2 Å². The number of carbonyl (C=O) groups is 7. The topological polar surface area (TPSA) is 479 Å². The zero-order valence-corrected chi connectivity index (χ0v) is 59.4. The van der Waals surface area contributed by atoms with Crippen molar-refractivity contribution in [3.63, 3.8) is 0 Å². The van der Waals surface area contributed by atoms with Crippen molar-refractivity contribution in [3.8, 4) is 0 Å². The Kier molecular flexibility index (Phi) is 25.3. The van der Waals surface area contributed by atoms with E-state index in [1.807, 2.05) is 0 Å². The minimum Gasteiger partial charge on any atom is -0.455 e. The van der Waals surface area contributed by atoms with Gasteiger partial charge in [-0.15, -0.1) is 5.10 Å². The van der Waals surface area contributed by atoms with Gasteiger partial charge in [-0.3, -0.25) is 10.1 Å². The van der Waals surface area contributed by atoms with E-state index in [9.17, 15) is 64.1 Å². The highest BCUT2D eigenvalue weighted by atomic mass is 16.8. The lowest BCUT2D eigenvalue weighted by Gasteiger charge is -2.50. The molecule has 0 unspecified atom stereocenters. The fraction of sp³-hybridized carbons (Fsp3) is 0.762. The molecule has 0 bridgehead atoms. The van der Waals surface area contributed by atoms with E-state index in [1.54, 1.807) is 125 Å². The molecule has 37 nitrogen and oxygen atoms in total. The molecule has 0 spiro atoms. The summed E-state index contributed by atoms with van der Waals surface area (Å²) in [6.07, 6.45) is -27.9. The minimum absolute atomic E-state index is 0.0143. The molecule has 562 valence electrons. The highest BCUT2D eigenvalue weighted by Gasteiger charge is 2.62. The molecule has 5 heterocycles. The number of aromatic nitrogens is 3. The predicted octanol–water partition coefficient (Wildman–Crippen LogP) is 3.28. The number of fused-ring (bicyclic) bond motifs is 1. The number of hydrogen-bond acceptors (Lipinski definition) is 29. The van der Waals surface area contributed by atoms with Crippen LogP contribution in [0.15, 0.2) is 30.5 Å². The fourth-order valence-electron chi connectivity index (χ4n) is 11.0. The van der Waals surface area contributed by atoms with Crippen LogP contribution < -0.4 is 31.9 Å². The Balaban J connectivity index is 1.35.